The van der Waals surface area contributed by atoms with Gasteiger partial charge >= 0.3 is 7.12 Å². The molecule has 0 spiro atoms. The smallest absolute Gasteiger partial charge is 0.423 e. The monoisotopic (exact) mass is 233 g/mol. The maximum absolute atomic E-state index is 11.3. The van der Waals surface area contributed by atoms with E-state index in [-0.39, 0.29) is 11.8 Å². The number of amides is 1. The summed E-state index contributed by atoms with van der Waals surface area (Å²) in [6.07, 6.45) is 0.437. The molecule has 0 saturated carbocycles. The summed E-state index contributed by atoms with van der Waals surface area (Å²) in [5, 5.41) is 12.5. The van der Waals surface area contributed by atoms with Crippen molar-refractivity contribution in [1.82, 2.24) is 0 Å². The predicted molar refractivity (Wildman–Crippen MR) is 67.3 cm³/mol. The summed E-state index contributed by atoms with van der Waals surface area (Å²) >= 11 is 0. The highest BCUT2D eigenvalue weighted by molar-refractivity contribution is 6.61. The normalized spacial score (nSPS) is 18.8. The van der Waals surface area contributed by atoms with Crippen molar-refractivity contribution in [2.75, 3.05) is 11.9 Å². The third-order valence-electron chi connectivity index (χ3n) is 2.99. The first kappa shape index (κ1) is 12.1. The van der Waals surface area contributed by atoms with Crippen LogP contribution >= 0.6 is 0 Å². The van der Waals surface area contributed by atoms with Gasteiger partial charge in [-0.1, -0.05) is 19.9 Å². The SMILES string of the molecule is CCC(=O)Nc1ccc2c(c1)B(O)OCC2C. The summed E-state index contributed by atoms with van der Waals surface area (Å²) in [6, 6.07) is 5.58. The first-order valence-corrected chi connectivity index (χ1v) is 5.85. The predicted octanol–water partition coefficient (Wildman–Crippen LogP) is 0.856. The molecule has 1 unspecified atom stereocenters. The molecule has 1 aliphatic rings. The molecule has 0 aromatic heterocycles. The largest absolute Gasteiger partial charge is 0.491 e. The van der Waals surface area contributed by atoms with Crippen molar-refractivity contribution in [3.05, 3.63) is 23.8 Å². The Morgan fingerprint density at radius 2 is 2.41 bits per heavy atom. The third-order valence-corrected chi connectivity index (χ3v) is 2.99. The lowest BCUT2D eigenvalue weighted by molar-refractivity contribution is -0.115. The Bertz CT molecular complexity index is 436. The Morgan fingerprint density at radius 3 is 3.12 bits per heavy atom. The van der Waals surface area contributed by atoms with Crippen LogP contribution in [0.2, 0.25) is 0 Å². The van der Waals surface area contributed by atoms with E-state index in [1.807, 2.05) is 12.1 Å². The summed E-state index contributed by atoms with van der Waals surface area (Å²) < 4.78 is 5.25. The minimum absolute atomic E-state index is 0.0378. The number of nitrogens with one attached hydrogen (secondary N) is 1. The molecule has 1 amide bonds. The van der Waals surface area contributed by atoms with Gasteiger partial charge in [-0.25, -0.2) is 0 Å². The van der Waals surface area contributed by atoms with Crippen LogP contribution in [0.3, 0.4) is 0 Å². The van der Waals surface area contributed by atoms with E-state index in [1.54, 1.807) is 13.0 Å². The van der Waals surface area contributed by atoms with E-state index in [9.17, 15) is 9.82 Å². The fraction of sp³-hybridized carbons (Fsp3) is 0.417. The standard InChI is InChI=1S/C12H16BNO3/c1-3-12(15)14-9-4-5-10-8(2)7-17-13(16)11(10)6-9/h4-6,8,16H,3,7H2,1-2H3,(H,14,15). The van der Waals surface area contributed by atoms with Crippen LogP contribution in [0.1, 0.15) is 31.7 Å². The minimum atomic E-state index is -0.889. The molecule has 90 valence electrons. The summed E-state index contributed by atoms with van der Waals surface area (Å²) in [7, 11) is -0.889. The number of anilines is 1. The highest BCUT2D eigenvalue weighted by atomic mass is 16.5. The summed E-state index contributed by atoms with van der Waals surface area (Å²) in [5.74, 6) is 0.230. The number of hydrogen-bond donors (Lipinski definition) is 2. The molecule has 0 aliphatic carbocycles. The van der Waals surface area contributed by atoms with Crippen molar-refractivity contribution >= 4 is 24.2 Å². The molecule has 0 bridgehead atoms. The van der Waals surface area contributed by atoms with Gasteiger partial charge in [0.15, 0.2) is 0 Å². The molecule has 0 saturated heterocycles. The van der Waals surface area contributed by atoms with E-state index in [0.29, 0.717) is 18.7 Å². The second kappa shape index (κ2) is 4.90. The molecule has 0 fully saturated rings. The lowest BCUT2D eigenvalue weighted by atomic mass is 9.71. The highest BCUT2D eigenvalue weighted by Crippen LogP contribution is 2.21. The molecule has 1 atom stereocenters. The van der Waals surface area contributed by atoms with E-state index < -0.39 is 7.12 Å². The Labute approximate surface area is 101 Å². The van der Waals surface area contributed by atoms with Crippen LogP contribution in [0.4, 0.5) is 5.69 Å². The van der Waals surface area contributed by atoms with E-state index in [1.165, 1.54) is 0 Å². The van der Waals surface area contributed by atoms with Crippen LogP contribution in [0.5, 0.6) is 0 Å². The van der Waals surface area contributed by atoms with Gasteiger partial charge in [-0.15, -0.1) is 0 Å². The van der Waals surface area contributed by atoms with Crippen molar-refractivity contribution in [3.63, 3.8) is 0 Å². The molecule has 1 aromatic carbocycles. The Morgan fingerprint density at radius 1 is 1.65 bits per heavy atom. The zero-order valence-corrected chi connectivity index (χ0v) is 10.1. The lowest BCUT2D eigenvalue weighted by Crippen LogP contribution is -2.42. The second-order valence-corrected chi connectivity index (χ2v) is 4.33. The van der Waals surface area contributed by atoms with Gasteiger partial charge in [0.1, 0.15) is 0 Å². The summed E-state index contributed by atoms with van der Waals surface area (Å²) in [6.45, 7) is 4.37. The Hall–Kier alpha value is -1.33. The number of rotatable bonds is 2. The molecule has 1 aromatic rings. The minimum Gasteiger partial charge on any atom is -0.423 e. The average Bonchev–Trinajstić information content (AvgIpc) is 2.34. The Balaban J connectivity index is 2.29. The van der Waals surface area contributed by atoms with Crippen molar-refractivity contribution < 1.29 is 14.5 Å². The van der Waals surface area contributed by atoms with Gasteiger partial charge in [0.25, 0.3) is 0 Å². The number of hydrogen-bond acceptors (Lipinski definition) is 3. The summed E-state index contributed by atoms with van der Waals surface area (Å²) in [4.78, 5) is 11.3. The lowest BCUT2D eigenvalue weighted by Gasteiger charge is -2.25. The van der Waals surface area contributed by atoms with Crippen LogP contribution in [0.15, 0.2) is 18.2 Å². The highest BCUT2D eigenvalue weighted by Gasteiger charge is 2.28. The molecule has 5 heteroatoms. The van der Waals surface area contributed by atoms with Gasteiger partial charge < -0.3 is 15.0 Å². The van der Waals surface area contributed by atoms with Gasteiger partial charge in [0.05, 0.1) is 0 Å². The number of benzene rings is 1. The third kappa shape index (κ3) is 2.51. The van der Waals surface area contributed by atoms with Crippen LogP contribution in [-0.4, -0.2) is 24.7 Å². The average molecular weight is 233 g/mol. The molecule has 0 radical (unpaired) electrons. The van der Waals surface area contributed by atoms with E-state index in [4.69, 9.17) is 4.65 Å². The van der Waals surface area contributed by atoms with Crippen LogP contribution in [0.25, 0.3) is 0 Å². The van der Waals surface area contributed by atoms with Crippen molar-refractivity contribution in [1.29, 1.82) is 0 Å². The molecule has 4 nitrogen and oxygen atoms in total. The maximum Gasteiger partial charge on any atom is 0.491 e. The molecule has 2 rings (SSSR count). The fourth-order valence-corrected chi connectivity index (χ4v) is 1.98. The molecule has 17 heavy (non-hydrogen) atoms. The van der Waals surface area contributed by atoms with Crippen molar-refractivity contribution in [2.24, 2.45) is 0 Å². The Kier molecular flexibility index (Phi) is 3.50. The van der Waals surface area contributed by atoms with Crippen LogP contribution in [0, 0.1) is 0 Å². The molecule has 1 aliphatic heterocycles. The second-order valence-electron chi connectivity index (χ2n) is 4.33. The maximum atomic E-state index is 11.3. The van der Waals surface area contributed by atoms with E-state index in [2.05, 4.69) is 12.2 Å². The van der Waals surface area contributed by atoms with E-state index >= 15 is 0 Å². The fourth-order valence-electron chi connectivity index (χ4n) is 1.98. The zero-order chi connectivity index (χ0) is 12.4. The topological polar surface area (TPSA) is 58.6 Å². The number of carbonyl (C=O) groups is 1. The van der Waals surface area contributed by atoms with Crippen LogP contribution < -0.4 is 10.8 Å². The quantitative estimate of drug-likeness (QED) is 0.744. The number of carbonyl (C=O) groups excluding carboxylic acids is 1. The van der Waals surface area contributed by atoms with Crippen LogP contribution in [-0.2, 0) is 9.45 Å². The zero-order valence-electron chi connectivity index (χ0n) is 10.1. The number of fused-ring (bicyclic) bond motifs is 1. The van der Waals surface area contributed by atoms with Crippen molar-refractivity contribution in [2.45, 2.75) is 26.2 Å². The molecule has 2 N–H and O–H groups in total. The first-order valence-electron chi connectivity index (χ1n) is 5.85. The van der Waals surface area contributed by atoms with E-state index in [0.717, 1.165) is 11.0 Å². The molecule has 1 heterocycles. The molecular formula is C12H16BNO3. The van der Waals surface area contributed by atoms with Crippen molar-refractivity contribution in [3.8, 4) is 0 Å². The van der Waals surface area contributed by atoms with Gasteiger partial charge in [0.2, 0.25) is 5.91 Å². The molecular weight excluding hydrogens is 217 g/mol. The van der Waals surface area contributed by atoms with Gasteiger partial charge in [-0.2, -0.15) is 0 Å². The van der Waals surface area contributed by atoms with Gasteiger partial charge in [0, 0.05) is 24.6 Å². The summed E-state index contributed by atoms with van der Waals surface area (Å²) in [5.41, 5.74) is 2.53. The van der Waals surface area contributed by atoms with Gasteiger partial charge in [-0.3, -0.25) is 4.79 Å². The van der Waals surface area contributed by atoms with Gasteiger partial charge in [-0.05, 0) is 23.2 Å². The first-order chi connectivity index (χ1) is 8.11.